The summed E-state index contributed by atoms with van der Waals surface area (Å²) >= 11 is 0. The summed E-state index contributed by atoms with van der Waals surface area (Å²) in [5.41, 5.74) is 0. The van der Waals surface area contributed by atoms with Crippen LogP contribution in [0.25, 0.3) is 0 Å². The average Bonchev–Trinajstić information content (AvgIpc) is 2.05. The maximum Gasteiger partial charge on any atom is 0.0222 e. The molecule has 1 aliphatic rings. The maximum absolute atomic E-state index is 3.79. The van der Waals surface area contributed by atoms with E-state index in [0.29, 0.717) is 12.1 Å². The lowest BCUT2D eigenvalue weighted by Crippen LogP contribution is -2.55. The van der Waals surface area contributed by atoms with E-state index in [2.05, 4.69) is 30.6 Å². The molecule has 1 rings (SSSR count). The van der Waals surface area contributed by atoms with Gasteiger partial charge in [0.2, 0.25) is 0 Å². The molecule has 12 heavy (non-hydrogen) atoms. The molecule has 1 heterocycles. The first kappa shape index (κ1) is 9.75. The lowest BCUT2D eigenvalue weighted by atomic mass is 10.1. The molecular formula is C10H20N2. The molecule has 0 saturated carbocycles. The second kappa shape index (κ2) is 4.63. The number of nitrogens with one attached hydrogen (secondary N) is 1. The fraction of sp³-hybridized carbons (Fsp3) is 0.800. The van der Waals surface area contributed by atoms with Crippen LogP contribution in [0.15, 0.2) is 12.7 Å². The molecule has 2 unspecified atom stereocenters. The van der Waals surface area contributed by atoms with E-state index in [1.54, 1.807) is 0 Å². The Hall–Kier alpha value is -0.340. The predicted octanol–water partition coefficient (Wildman–Crippen LogP) is 1.24. The molecule has 0 aromatic heterocycles. The van der Waals surface area contributed by atoms with Crippen LogP contribution in [0.5, 0.6) is 0 Å². The van der Waals surface area contributed by atoms with Crippen molar-refractivity contribution in [3.63, 3.8) is 0 Å². The van der Waals surface area contributed by atoms with Crippen molar-refractivity contribution in [1.82, 2.24) is 10.2 Å². The molecule has 0 radical (unpaired) electrons. The van der Waals surface area contributed by atoms with E-state index in [4.69, 9.17) is 0 Å². The number of rotatable bonds is 3. The highest BCUT2D eigenvalue weighted by molar-refractivity contribution is 4.86. The second-order valence-electron chi connectivity index (χ2n) is 3.61. The van der Waals surface area contributed by atoms with E-state index in [1.165, 1.54) is 6.42 Å². The summed E-state index contributed by atoms with van der Waals surface area (Å²) in [5.74, 6) is 0. The summed E-state index contributed by atoms with van der Waals surface area (Å²) in [6.07, 6.45) is 3.23. The molecule has 0 spiro atoms. The van der Waals surface area contributed by atoms with Crippen LogP contribution in [0.4, 0.5) is 0 Å². The summed E-state index contributed by atoms with van der Waals surface area (Å²) in [4.78, 5) is 2.51. The standard InChI is InChI=1S/C10H20N2/c1-4-6-12-8-9(3)11-7-10(12)5-2/h4,9-11H,1,5-8H2,2-3H3. The van der Waals surface area contributed by atoms with E-state index in [0.717, 1.165) is 19.6 Å². The van der Waals surface area contributed by atoms with Crippen LogP contribution in [0, 0.1) is 0 Å². The monoisotopic (exact) mass is 168 g/mol. The van der Waals surface area contributed by atoms with E-state index in [9.17, 15) is 0 Å². The summed E-state index contributed by atoms with van der Waals surface area (Å²) in [5, 5.41) is 3.50. The molecule has 0 amide bonds. The van der Waals surface area contributed by atoms with Crippen molar-refractivity contribution in [1.29, 1.82) is 0 Å². The number of hydrogen-bond donors (Lipinski definition) is 1. The molecule has 0 aromatic rings. The summed E-state index contributed by atoms with van der Waals surface area (Å²) < 4.78 is 0. The minimum absolute atomic E-state index is 0.632. The summed E-state index contributed by atoms with van der Waals surface area (Å²) in [6, 6.07) is 1.34. The molecule has 1 fully saturated rings. The van der Waals surface area contributed by atoms with Gasteiger partial charge in [-0.3, -0.25) is 4.90 Å². The average molecular weight is 168 g/mol. The van der Waals surface area contributed by atoms with Gasteiger partial charge in [0.05, 0.1) is 0 Å². The molecule has 2 atom stereocenters. The van der Waals surface area contributed by atoms with Gasteiger partial charge in [-0.1, -0.05) is 13.0 Å². The van der Waals surface area contributed by atoms with Gasteiger partial charge in [0.25, 0.3) is 0 Å². The number of piperazine rings is 1. The molecule has 2 heteroatoms. The van der Waals surface area contributed by atoms with Gasteiger partial charge in [0.1, 0.15) is 0 Å². The molecule has 70 valence electrons. The lowest BCUT2D eigenvalue weighted by molar-refractivity contribution is 0.147. The Labute approximate surface area is 75.6 Å². The minimum Gasteiger partial charge on any atom is -0.311 e. The summed E-state index contributed by atoms with van der Waals surface area (Å²) in [6.45, 7) is 11.6. The van der Waals surface area contributed by atoms with E-state index in [1.807, 2.05) is 6.08 Å². The van der Waals surface area contributed by atoms with Gasteiger partial charge in [-0.05, 0) is 13.3 Å². The van der Waals surface area contributed by atoms with Gasteiger partial charge in [-0.2, -0.15) is 0 Å². The first-order chi connectivity index (χ1) is 5.77. The predicted molar refractivity (Wildman–Crippen MR) is 53.3 cm³/mol. The van der Waals surface area contributed by atoms with Gasteiger partial charge >= 0.3 is 0 Å². The zero-order chi connectivity index (χ0) is 8.97. The third kappa shape index (κ3) is 2.32. The van der Waals surface area contributed by atoms with E-state index in [-0.39, 0.29) is 0 Å². The van der Waals surface area contributed by atoms with Crippen LogP contribution in [0.2, 0.25) is 0 Å². The first-order valence-corrected chi connectivity index (χ1v) is 4.86. The number of nitrogens with zero attached hydrogens (tertiary/aromatic N) is 1. The lowest BCUT2D eigenvalue weighted by Gasteiger charge is -2.38. The zero-order valence-corrected chi connectivity index (χ0v) is 8.21. The Kier molecular flexibility index (Phi) is 3.76. The van der Waals surface area contributed by atoms with Gasteiger partial charge in [-0.15, -0.1) is 6.58 Å². The molecule has 1 aliphatic heterocycles. The Morgan fingerprint density at radius 1 is 1.67 bits per heavy atom. The van der Waals surface area contributed by atoms with Gasteiger partial charge < -0.3 is 5.32 Å². The fourth-order valence-electron chi connectivity index (χ4n) is 1.82. The van der Waals surface area contributed by atoms with Crippen molar-refractivity contribution >= 4 is 0 Å². The SMILES string of the molecule is C=CCN1CC(C)NCC1CC. The quantitative estimate of drug-likeness (QED) is 0.638. The Bertz CT molecular complexity index is 145. The van der Waals surface area contributed by atoms with Crippen molar-refractivity contribution in [2.75, 3.05) is 19.6 Å². The van der Waals surface area contributed by atoms with Crippen molar-refractivity contribution in [3.05, 3.63) is 12.7 Å². The van der Waals surface area contributed by atoms with Crippen molar-refractivity contribution in [2.24, 2.45) is 0 Å². The minimum atomic E-state index is 0.632. The Morgan fingerprint density at radius 3 is 3.00 bits per heavy atom. The maximum atomic E-state index is 3.79. The van der Waals surface area contributed by atoms with Gasteiger partial charge in [-0.25, -0.2) is 0 Å². The van der Waals surface area contributed by atoms with Crippen LogP contribution in [-0.2, 0) is 0 Å². The highest BCUT2D eigenvalue weighted by Gasteiger charge is 2.22. The molecule has 0 bridgehead atoms. The molecular weight excluding hydrogens is 148 g/mol. The second-order valence-corrected chi connectivity index (χ2v) is 3.61. The largest absolute Gasteiger partial charge is 0.311 e. The van der Waals surface area contributed by atoms with Crippen LogP contribution in [0.1, 0.15) is 20.3 Å². The van der Waals surface area contributed by atoms with Gasteiger partial charge in [0, 0.05) is 31.7 Å². The normalized spacial score (nSPS) is 31.8. The van der Waals surface area contributed by atoms with Crippen LogP contribution in [0.3, 0.4) is 0 Å². The smallest absolute Gasteiger partial charge is 0.0222 e. The highest BCUT2D eigenvalue weighted by atomic mass is 15.2. The fourth-order valence-corrected chi connectivity index (χ4v) is 1.82. The molecule has 2 nitrogen and oxygen atoms in total. The Balaban J connectivity index is 2.45. The van der Waals surface area contributed by atoms with Crippen LogP contribution < -0.4 is 5.32 Å². The molecule has 1 saturated heterocycles. The molecule has 0 aromatic carbocycles. The molecule has 0 aliphatic carbocycles. The van der Waals surface area contributed by atoms with Crippen molar-refractivity contribution in [3.8, 4) is 0 Å². The summed E-state index contributed by atoms with van der Waals surface area (Å²) in [7, 11) is 0. The third-order valence-electron chi connectivity index (χ3n) is 2.56. The topological polar surface area (TPSA) is 15.3 Å². The first-order valence-electron chi connectivity index (χ1n) is 4.86. The third-order valence-corrected chi connectivity index (χ3v) is 2.56. The number of hydrogen-bond acceptors (Lipinski definition) is 2. The van der Waals surface area contributed by atoms with Crippen molar-refractivity contribution in [2.45, 2.75) is 32.4 Å². The Morgan fingerprint density at radius 2 is 2.42 bits per heavy atom. The van der Waals surface area contributed by atoms with Crippen LogP contribution in [-0.4, -0.2) is 36.6 Å². The van der Waals surface area contributed by atoms with Crippen molar-refractivity contribution < 1.29 is 0 Å². The zero-order valence-electron chi connectivity index (χ0n) is 8.21. The van der Waals surface area contributed by atoms with E-state index >= 15 is 0 Å². The van der Waals surface area contributed by atoms with E-state index < -0.39 is 0 Å². The van der Waals surface area contributed by atoms with Gasteiger partial charge in [0.15, 0.2) is 0 Å². The van der Waals surface area contributed by atoms with Crippen LogP contribution >= 0.6 is 0 Å². The molecule has 1 N–H and O–H groups in total. The highest BCUT2D eigenvalue weighted by Crippen LogP contribution is 2.09.